The Bertz CT molecular complexity index is 1000. The summed E-state index contributed by atoms with van der Waals surface area (Å²) in [6, 6.07) is 18.0. The Morgan fingerprint density at radius 2 is 1.65 bits per heavy atom. The van der Waals surface area contributed by atoms with Crippen LogP contribution in [0.5, 0.6) is 0 Å². The molecule has 0 saturated carbocycles. The first-order valence-electron chi connectivity index (χ1n) is 12.1. The number of nitrogens with zero attached hydrogens (tertiary/aromatic N) is 2. The fraction of sp³-hybridized carbons (Fsp3) is 0.444. The second kappa shape index (κ2) is 10.4. The molecule has 4 rings (SSSR count). The molecule has 34 heavy (non-hydrogen) atoms. The fourth-order valence-corrected chi connectivity index (χ4v) is 4.72. The second-order valence-corrected chi connectivity index (χ2v) is 9.18. The number of benzene rings is 2. The number of rotatable bonds is 6. The zero-order valence-corrected chi connectivity index (χ0v) is 19.9. The Morgan fingerprint density at radius 3 is 2.26 bits per heavy atom. The maximum atomic E-state index is 13.6. The normalized spacial score (nSPS) is 20.2. The van der Waals surface area contributed by atoms with Crippen molar-refractivity contribution >= 4 is 17.7 Å². The van der Waals surface area contributed by atoms with Crippen LogP contribution < -0.4 is 5.32 Å². The third-order valence-electron chi connectivity index (χ3n) is 6.90. The molecule has 2 aliphatic heterocycles. The van der Waals surface area contributed by atoms with Crippen molar-refractivity contribution in [2.24, 2.45) is 0 Å². The predicted octanol–water partition coefficient (Wildman–Crippen LogP) is 3.00. The number of likely N-dealkylation sites (tertiary alicyclic amines) is 1. The lowest BCUT2D eigenvalue weighted by Crippen LogP contribution is -2.60. The van der Waals surface area contributed by atoms with Crippen LogP contribution in [-0.4, -0.2) is 65.0 Å². The number of carbonyl (C=O) groups is 3. The average Bonchev–Trinajstić information content (AvgIpc) is 3.23. The van der Waals surface area contributed by atoms with Crippen LogP contribution in [0.15, 0.2) is 60.7 Å². The molecular weight excluding hydrogens is 430 g/mol. The highest BCUT2D eigenvalue weighted by Gasteiger charge is 2.54. The van der Waals surface area contributed by atoms with E-state index in [1.807, 2.05) is 67.3 Å². The molecule has 7 heteroatoms. The first kappa shape index (κ1) is 24.0. The van der Waals surface area contributed by atoms with Gasteiger partial charge in [-0.15, -0.1) is 0 Å². The third kappa shape index (κ3) is 4.99. The largest absolute Gasteiger partial charge is 0.353 e. The van der Waals surface area contributed by atoms with Crippen LogP contribution in [0.25, 0.3) is 0 Å². The third-order valence-corrected chi connectivity index (χ3v) is 6.90. The summed E-state index contributed by atoms with van der Waals surface area (Å²) in [5.41, 5.74) is 0.609. The van der Waals surface area contributed by atoms with E-state index in [1.165, 1.54) is 0 Å². The molecule has 0 aliphatic carbocycles. The molecule has 180 valence electrons. The molecule has 2 saturated heterocycles. The van der Waals surface area contributed by atoms with Gasteiger partial charge < -0.3 is 15.0 Å². The van der Waals surface area contributed by atoms with Gasteiger partial charge in [0.1, 0.15) is 11.8 Å². The van der Waals surface area contributed by atoms with E-state index in [-0.39, 0.29) is 30.4 Å². The van der Waals surface area contributed by atoms with Crippen molar-refractivity contribution in [2.45, 2.75) is 57.3 Å². The maximum Gasteiger partial charge on any atom is 0.256 e. The van der Waals surface area contributed by atoms with Crippen LogP contribution in [0.1, 0.15) is 49.0 Å². The molecule has 2 fully saturated rings. The summed E-state index contributed by atoms with van der Waals surface area (Å²) in [6.07, 6.45) is 2.09. The van der Waals surface area contributed by atoms with Gasteiger partial charge in [0, 0.05) is 37.5 Å². The lowest BCUT2D eigenvalue weighted by Gasteiger charge is -2.44. The molecule has 3 amide bonds. The van der Waals surface area contributed by atoms with Crippen molar-refractivity contribution in [3.63, 3.8) is 0 Å². The van der Waals surface area contributed by atoms with Crippen LogP contribution in [0.3, 0.4) is 0 Å². The lowest BCUT2D eigenvalue weighted by molar-refractivity contribution is -0.143. The Hall–Kier alpha value is -3.19. The predicted molar refractivity (Wildman–Crippen MR) is 129 cm³/mol. The lowest BCUT2D eigenvalue weighted by atomic mass is 9.96. The van der Waals surface area contributed by atoms with Gasteiger partial charge >= 0.3 is 0 Å². The van der Waals surface area contributed by atoms with Crippen LogP contribution in [0, 0.1) is 0 Å². The summed E-state index contributed by atoms with van der Waals surface area (Å²) >= 11 is 0. The molecule has 2 unspecified atom stereocenters. The highest BCUT2D eigenvalue weighted by molar-refractivity contribution is 5.98. The number of nitrogens with one attached hydrogen (secondary N) is 1. The zero-order chi connectivity index (χ0) is 24.1. The van der Waals surface area contributed by atoms with E-state index in [2.05, 4.69) is 5.32 Å². The molecule has 1 spiro atoms. The van der Waals surface area contributed by atoms with E-state index in [9.17, 15) is 14.4 Å². The Kier molecular flexibility index (Phi) is 7.32. The van der Waals surface area contributed by atoms with E-state index >= 15 is 0 Å². The summed E-state index contributed by atoms with van der Waals surface area (Å²) in [5.74, 6) is -0.351. The van der Waals surface area contributed by atoms with E-state index in [0.29, 0.717) is 37.9 Å². The topological polar surface area (TPSA) is 79.0 Å². The van der Waals surface area contributed by atoms with Crippen molar-refractivity contribution in [1.82, 2.24) is 15.1 Å². The Labute approximate surface area is 201 Å². The van der Waals surface area contributed by atoms with Gasteiger partial charge in [-0.2, -0.15) is 0 Å². The van der Waals surface area contributed by atoms with Gasteiger partial charge in [0.05, 0.1) is 13.0 Å². The summed E-state index contributed by atoms with van der Waals surface area (Å²) in [6.45, 7) is 5.06. The zero-order valence-electron chi connectivity index (χ0n) is 19.9. The summed E-state index contributed by atoms with van der Waals surface area (Å²) in [7, 11) is 0. The van der Waals surface area contributed by atoms with E-state index < -0.39 is 11.8 Å². The van der Waals surface area contributed by atoms with Crippen LogP contribution in [0.2, 0.25) is 0 Å². The first-order chi connectivity index (χ1) is 16.4. The molecule has 2 aliphatic rings. The Morgan fingerprint density at radius 1 is 1.03 bits per heavy atom. The maximum absolute atomic E-state index is 13.6. The molecule has 2 heterocycles. The summed E-state index contributed by atoms with van der Waals surface area (Å²) in [4.78, 5) is 43.1. The van der Waals surface area contributed by atoms with Crippen LogP contribution in [-0.2, 0) is 20.7 Å². The summed E-state index contributed by atoms with van der Waals surface area (Å²) in [5, 5.41) is 3.01. The quantitative estimate of drug-likeness (QED) is 0.714. The number of hydrogen-bond donors (Lipinski definition) is 1. The van der Waals surface area contributed by atoms with Gasteiger partial charge in [0.2, 0.25) is 11.8 Å². The highest BCUT2D eigenvalue weighted by atomic mass is 16.5. The van der Waals surface area contributed by atoms with Gasteiger partial charge in [0.25, 0.3) is 5.91 Å². The minimum absolute atomic E-state index is 0.00943. The van der Waals surface area contributed by atoms with E-state index in [4.69, 9.17) is 4.74 Å². The molecule has 7 nitrogen and oxygen atoms in total. The monoisotopic (exact) mass is 463 g/mol. The van der Waals surface area contributed by atoms with E-state index in [1.54, 1.807) is 17.0 Å². The van der Waals surface area contributed by atoms with Crippen molar-refractivity contribution in [3.05, 3.63) is 71.8 Å². The molecule has 1 N–H and O–H groups in total. The van der Waals surface area contributed by atoms with Crippen molar-refractivity contribution in [3.8, 4) is 0 Å². The smallest absolute Gasteiger partial charge is 0.256 e. The minimum Gasteiger partial charge on any atom is -0.353 e. The van der Waals surface area contributed by atoms with E-state index in [0.717, 1.165) is 12.0 Å². The first-order valence-corrected chi connectivity index (χ1v) is 12.1. The number of hydrogen-bond acceptors (Lipinski definition) is 4. The average molecular weight is 464 g/mol. The van der Waals surface area contributed by atoms with Gasteiger partial charge in [-0.05, 0) is 31.0 Å². The standard InChI is InChI=1S/C27H33N3O4/c1-3-20(2)28-25(32)23-19-34-27(30(23)26(33)22-12-8-5-9-13-22)14-16-29(17-15-27)24(31)18-21-10-6-4-7-11-21/h4-13,20,23H,3,14-19H2,1-2H3,(H,28,32). The molecule has 0 aromatic heterocycles. The number of carbonyl (C=O) groups excluding carboxylic acids is 3. The highest BCUT2D eigenvalue weighted by Crippen LogP contribution is 2.38. The Balaban J connectivity index is 1.52. The van der Waals surface area contributed by atoms with Gasteiger partial charge in [-0.1, -0.05) is 55.5 Å². The SMILES string of the molecule is CCC(C)NC(=O)C1COC2(CCN(C(=O)Cc3ccccc3)CC2)N1C(=O)c1ccccc1. The van der Waals surface area contributed by atoms with Gasteiger partial charge in [-0.3, -0.25) is 19.3 Å². The second-order valence-electron chi connectivity index (χ2n) is 9.18. The number of amides is 3. The van der Waals surface area contributed by atoms with Gasteiger partial charge in [0.15, 0.2) is 0 Å². The summed E-state index contributed by atoms with van der Waals surface area (Å²) < 4.78 is 6.24. The fourth-order valence-electron chi connectivity index (χ4n) is 4.72. The van der Waals surface area contributed by atoms with Crippen LogP contribution >= 0.6 is 0 Å². The van der Waals surface area contributed by atoms with Crippen molar-refractivity contribution < 1.29 is 19.1 Å². The minimum atomic E-state index is -0.895. The number of ether oxygens (including phenoxy) is 1. The van der Waals surface area contributed by atoms with Crippen molar-refractivity contribution in [2.75, 3.05) is 19.7 Å². The van der Waals surface area contributed by atoms with Crippen molar-refractivity contribution in [1.29, 1.82) is 0 Å². The molecule has 2 aromatic rings. The molecule has 2 atom stereocenters. The molecule has 0 bridgehead atoms. The molecule has 2 aromatic carbocycles. The number of piperidine rings is 1. The van der Waals surface area contributed by atoms with Crippen LogP contribution in [0.4, 0.5) is 0 Å². The molecular formula is C27H33N3O4. The van der Waals surface area contributed by atoms with Gasteiger partial charge in [-0.25, -0.2) is 0 Å². The molecule has 0 radical (unpaired) electrons.